The highest BCUT2D eigenvalue weighted by Gasteiger charge is 2.25. The van der Waals surface area contributed by atoms with Crippen LogP contribution in [0, 0.1) is 0 Å². The number of carbonyl (C=O) groups is 1. The average molecular weight is 509 g/mol. The van der Waals surface area contributed by atoms with Crippen molar-refractivity contribution in [2.24, 2.45) is 4.99 Å². The fourth-order valence-electron chi connectivity index (χ4n) is 4.12. The Morgan fingerprint density at radius 3 is 2.71 bits per heavy atom. The molecule has 0 fully saturated rings. The minimum Gasteiger partial charge on any atom is -0.455 e. The number of aryl methyl sites for hydroxylation is 1. The van der Waals surface area contributed by atoms with Gasteiger partial charge in [-0.05, 0) is 67.1 Å². The van der Waals surface area contributed by atoms with E-state index in [1.807, 2.05) is 48.5 Å². The van der Waals surface area contributed by atoms with Gasteiger partial charge in [-0.3, -0.25) is 4.79 Å². The molecule has 1 amide bonds. The van der Waals surface area contributed by atoms with E-state index in [-0.39, 0.29) is 5.91 Å². The van der Waals surface area contributed by atoms with Crippen molar-refractivity contribution in [1.29, 1.82) is 0 Å². The average Bonchev–Trinajstić information content (AvgIpc) is 3.46. The third kappa shape index (κ3) is 4.97. The molecular formula is C27H22Cl2N2O2S. The van der Waals surface area contributed by atoms with Crippen LogP contribution >= 0.6 is 34.5 Å². The monoisotopic (exact) mass is 508 g/mol. The Balaban J connectivity index is 1.40. The number of furan rings is 1. The van der Waals surface area contributed by atoms with Crippen molar-refractivity contribution >= 4 is 51.7 Å². The number of benzene rings is 2. The van der Waals surface area contributed by atoms with E-state index in [1.165, 1.54) is 4.88 Å². The highest BCUT2D eigenvalue weighted by Crippen LogP contribution is 2.40. The summed E-state index contributed by atoms with van der Waals surface area (Å²) in [5.41, 5.74) is 3.66. The first-order valence-electron chi connectivity index (χ1n) is 11.1. The number of amides is 1. The van der Waals surface area contributed by atoms with Crippen LogP contribution in [0.1, 0.15) is 45.0 Å². The number of rotatable bonds is 6. The largest absolute Gasteiger partial charge is 0.455 e. The molecule has 4 nitrogen and oxygen atoms in total. The molecule has 0 saturated heterocycles. The molecule has 0 unspecified atom stereocenters. The van der Waals surface area contributed by atoms with Crippen molar-refractivity contribution in [1.82, 2.24) is 5.32 Å². The van der Waals surface area contributed by atoms with Gasteiger partial charge in [-0.25, -0.2) is 4.99 Å². The number of hydrogen-bond acceptors (Lipinski definition) is 4. The Hall–Kier alpha value is -2.86. The van der Waals surface area contributed by atoms with Crippen LogP contribution in [0.3, 0.4) is 0 Å². The molecule has 7 heteroatoms. The molecule has 1 N–H and O–H groups in total. The molecule has 5 rings (SSSR count). The van der Waals surface area contributed by atoms with E-state index >= 15 is 0 Å². The summed E-state index contributed by atoms with van der Waals surface area (Å²) in [5.74, 6) is 1.14. The first-order valence-corrected chi connectivity index (χ1v) is 12.7. The van der Waals surface area contributed by atoms with Gasteiger partial charge in [0.1, 0.15) is 16.5 Å². The molecule has 0 saturated carbocycles. The van der Waals surface area contributed by atoms with Gasteiger partial charge in [-0.15, -0.1) is 11.3 Å². The normalized spacial score (nSPS) is 13.2. The maximum Gasteiger partial charge on any atom is 0.254 e. The third-order valence-corrected chi connectivity index (χ3v) is 7.56. The van der Waals surface area contributed by atoms with Gasteiger partial charge in [0, 0.05) is 22.0 Å². The second-order valence-corrected chi connectivity index (χ2v) is 10.1. The Morgan fingerprint density at radius 1 is 1.06 bits per heavy atom. The summed E-state index contributed by atoms with van der Waals surface area (Å²) in [6.07, 6.45) is 5.81. The van der Waals surface area contributed by atoms with Crippen LogP contribution in [0.15, 0.2) is 70.1 Å². The standard InChI is InChI=1S/C27H22Cl2N2O2S/c28-18-10-12-20(22(29)14-18)23-13-11-19(33-23)16-31-27-25(21-8-4-5-9-24(21)34-27)26(32)30-15-17-6-2-1-3-7-17/h1-3,6-7,10-14,16H,4-5,8-9,15H2,(H,30,32)/b31-16+. The summed E-state index contributed by atoms with van der Waals surface area (Å²) < 4.78 is 5.95. The predicted molar refractivity (Wildman–Crippen MR) is 140 cm³/mol. The SMILES string of the molecule is O=C(NCc1ccccc1)c1c(/N=C/c2ccc(-c3ccc(Cl)cc3Cl)o2)sc2c1CCCC2. The van der Waals surface area contributed by atoms with Crippen molar-refractivity contribution in [2.75, 3.05) is 0 Å². The van der Waals surface area contributed by atoms with Crippen LogP contribution in [-0.2, 0) is 19.4 Å². The molecule has 172 valence electrons. The fraction of sp³-hybridized carbons (Fsp3) is 0.185. The highest BCUT2D eigenvalue weighted by atomic mass is 35.5. The minimum absolute atomic E-state index is 0.0801. The molecule has 34 heavy (non-hydrogen) atoms. The molecule has 0 radical (unpaired) electrons. The van der Waals surface area contributed by atoms with Crippen molar-refractivity contribution < 1.29 is 9.21 Å². The summed E-state index contributed by atoms with van der Waals surface area (Å²) in [6.45, 7) is 0.483. The van der Waals surface area contributed by atoms with E-state index in [0.29, 0.717) is 33.7 Å². The van der Waals surface area contributed by atoms with Crippen LogP contribution in [0.2, 0.25) is 10.0 Å². The number of aliphatic imine (C=N–C) groups is 1. The summed E-state index contributed by atoms with van der Waals surface area (Å²) in [5, 5.41) is 4.89. The van der Waals surface area contributed by atoms with Gasteiger partial charge < -0.3 is 9.73 Å². The summed E-state index contributed by atoms with van der Waals surface area (Å²) in [6, 6.07) is 18.9. The molecule has 2 aromatic heterocycles. The van der Waals surface area contributed by atoms with E-state index in [4.69, 9.17) is 27.6 Å². The molecular weight excluding hydrogens is 487 g/mol. The first-order chi connectivity index (χ1) is 16.6. The van der Waals surface area contributed by atoms with Crippen LogP contribution in [0.4, 0.5) is 5.00 Å². The van der Waals surface area contributed by atoms with Gasteiger partial charge >= 0.3 is 0 Å². The molecule has 0 spiro atoms. The lowest BCUT2D eigenvalue weighted by molar-refractivity contribution is 0.0951. The van der Waals surface area contributed by atoms with Gasteiger partial charge in [0.2, 0.25) is 0 Å². The lowest BCUT2D eigenvalue weighted by atomic mass is 9.95. The van der Waals surface area contributed by atoms with E-state index < -0.39 is 0 Å². The van der Waals surface area contributed by atoms with E-state index in [1.54, 1.807) is 29.7 Å². The van der Waals surface area contributed by atoms with Crippen LogP contribution in [0.25, 0.3) is 11.3 Å². The number of hydrogen-bond donors (Lipinski definition) is 1. The van der Waals surface area contributed by atoms with E-state index in [9.17, 15) is 4.79 Å². The maximum atomic E-state index is 13.2. The van der Waals surface area contributed by atoms with Crippen molar-refractivity contribution in [3.63, 3.8) is 0 Å². The number of nitrogens with zero attached hydrogens (tertiary/aromatic N) is 1. The van der Waals surface area contributed by atoms with E-state index in [0.717, 1.165) is 47.4 Å². The summed E-state index contributed by atoms with van der Waals surface area (Å²) >= 11 is 13.9. The number of thiophene rings is 1. The topological polar surface area (TPSA) is 54.6 Å². The van der Waals surface area contributed by atoms with Crippen LogP contribution in [-0.4, -0.2) is 12.1 Å². The highest BCUT2D eigenvalue weighted by molar-refractivity contribution is 7.16. The van der Waals surface area contributed by atoms with Gasteiger partial charge in [0.25, 0.3) is 5.91 Å². The maximum absolute atomic E-state index is 13.2. The van der Waals surface area contributed by atoms with Gasteiger partial charge in [-0.1, -0.05) is 53.5 Å². The number of halogens is 2. The van der Waals surface area contributed by atoms with Crippen LogP contribution < -0.4 is 5.32 Å². The lowest BCUT2D eigenvalue weighted by Gasteiger charge is -2.12. The zero-order valence-corrected chi connectivity index (χ0v) is 20.6. The van der Waals surface area contributed by atoms with E-state index in [2.05, 4.69) is 10.3 Å². The Labute approximate surface area is 212 Å². The molecule has 1 aliphatic rings. The molecule has 0 bridgehead atoms. The van der Waals surface area contributed by atoms with Gasteiger partial charge in [0.05, 0.1) is 16.8 Å². The second kappa shape index (κ2) is 10.2. The molecule has 1 aliphatic carbocycles. The molecule has 2 heterocycles. The molecule has 4 aromatic rings. The van der Waals surface area contributed by atoms with Gasteiger partial charge in [-0.2, -0.15) is 0 Å². The smallest absolute Gasteiger partial charge is 0.254 e. The quantitative estimate of drug-likeness (QED) is 0.269. The first kappa shape index (κ1) is 22.9. The second-order valence-electron chi connectivity index (χ2n) is 8.14. The fourth-order valence-corrected chi connectivity index (χ4v) is 5.85. The zero-order chi connectivity index (χ0) is 23.5. The predicted octanol–water partition coefficient (Wildman–Crippen LogP) is 7.87. The summed E-state index contributed by atoms with van der Waals surface area (Å²) in [4.78, 5) is 19.2. The van der Waals surface area contributed by atoms with Gasteiger partial charge in [0.15, 0.2) is 0 Å². The molecule has 0 aliphatic heterocycles. The van der Waals surface area contributed by atoms with Crippen molar-refractivity contribution in [3.8, 4) is 11.3 Å². The number of nitrogens with one attached hydrogen (secondary N) is 1. The van der Waals surface area contributed by atoms with Crippen LogP contribution in [0.5, 0.6) is 0 Å². The summed E-state index contributed by atoms with van der Waals surface area (Å²) in [7, 11) is 0. The Morgan fingerprint density at radius 2 is 1.88 bits per heavy atom. The van der Waals surface area contributed by atoms with Crippen molar-refractivity contribution in [3.05, 3.63) is 98.0 Å². The number of fused-ring (bicyclic) bond motifs is 1. The lowest BCUT2D eigenvalue weighted by Crippen LogP contribution is -2.24. The minimum atomic E-state index is -0.0801. The third-order valence-electron chi connectivity index (χ3n) is 5.81. The zero-order valence-electron chi connectivity index (χ0n) is 18.3. The van der Waals surface area contributed by atoms with Crippen molar-refractivity contribution in [2.45, 2.75) is 32.2 Å². The Bertz CT molecular complexity index is 1360. The Kier molecular flexibility index (Phi) is 6.86. The molecule has 2 aromatic carbocycles. The number of carbonyl (C=O) groups excluding carboxylic acids is 1. The molecule has 0 atom stereocenters.